The van der Waals surface area contributed by atoms with Crippen molar-refractivity contribution in [2.75, 3.05) is 20.6 Å². The first-order valence-corrected chi connectivity index (χ1v) is 8.95. The van der Waals surface area contributed by atoms with Gasteiger partial charge in [0.2, 0.25) is 11.9 Å². The van der Waals surface area contributed by atoms with Crippen molar-refractivity contribution < 1.29 is 4.79 Å². The van der Waals surface area contributed by atoms with Gasteiger partial charge < -0.3 is 14.7 Å². The van der Waals surface area contributed by atoms with E-state index in [1.54, 1.807) is 6.92 Å². The minimum Gasteiger partial charge on any atom is -0.349 e. The van der Waals surface area contributed by atoms with Gasteiger partial charge in [-0.05, 0) is 18.6 Å². The maximum absolute atomic E-state index is 12.6. The maximum atomic E-state index is 12.6. The zero-order valence-electron chi connectivity index (χ0n) is 15.9. The van der Waals surface area contributed by atoms with Crippen LogP contribution in [0, 0.1) is 0 Å². The third kappa shape index (κ3) is 3.43. The molecule has 0 aromatic heterocycles. The van der Waals surface area contributed by atoms with Gasteiger partial charge in [-0.15, -0.1) is 0 Å². The van der Waals surface area contributed by atoms with Crippen LogP contribution in [0.1, 0.15) is 31.1 Å². The maximum Gasteiger partial charge on any atom is 0.221 e. The highest BCUT2D eigenvalue weighted by molar-refractivity contribution is 5.86. The normalized spacial score (nSPS) is 15.9. The number of carbonyl (C=O) groups excluding carboxylic acids is 1. The van der Waals surface area contributed by atoms with Crippen LogP contribution in [0.4, 0.5) is 5.69 Å². The molecule has 1 heterocycles. The van der Waals surface area contributed by atoms with E-state index >= 15 is 0 Å². The van der Waals surface area contributed by atoms with E-state index in [1.165, 1.54) is 0 Å². The van der Waals surface area contributed by atoms with E-state index in [-0.39, 0.29) is 12.1 Å². The molecule has 0 N–H and O–H groups in total. The molecule has 0 saturated heterocycles. The molecule has 5 heteroatoms. The average Bonchev–Trinajstić information content (AvgIpc) is 2.65. The largest absolute Gasteiger partial charge is 0.349 e. The minimum atomic E-state index is -0.177. The summed E-state index contributed by atoms with van der Waals surface area (Å²) in [5.41, 5.74) is 3.10. The number of para-hydroxylation sites is 1. The fourth-order valence-electron chi connectivity index (χ4n) is 3.41. The average molecular weight is 350 g/mol. The van der Waals surface area contributed by atoms with E-state index in [1.807, 2.05) is 60.3 Å². The Balaban J connectivity index is 2.09. The summed E-state index contributed by atoms with van der Waals surface area (Å²) in [5, 5.41) is 0. The first-order chi connectivity index (χ1) is 12.5. The molecule has 0 aliphatic carbocycles. The molecule has 3 rings (SSSR count). The summed E-state index contributed by atoms with van der Waals surface area (Å²) in [4.78, 5) is 23.6. The van der Waals surface area contributed by atoms with Gasteiger partial charge in [-0.2, -0.15) is 0 Å². The van der Waals surface area contributed by atoms with Crippen molar-refractivity contribution in [3.8, 4) is 0 Å². The van der Waals surface area contributed by atoms with Crippen molar-refractivity contribution in [2.24, 2.45) is 4.99 Å². The number of hydrogen-bond acceptors (Lipinski definition) is 4. The van der Waals surface area contributed by atoms with E-state index in [0.717, 1.165) is 29.3 Å². The first kappa shape index (κ1) is 18.0. The molecule has 1 amide bonds. The van der Waals surface area contributed by atoms with Crippen molar-refractivity contribution in [1.29, 1.82) is 0 Å². The zero-order valence-corrected chi connectivity index (χ0v) is 15.9. The molecule has 0 spiro atoms. The molecular weight excluding hydrogens is 324 g/mol. The van der Waals surface area contributed by atoms with Gasteiger partial charge in [0.1, 0.15) is 6.17 Å². The van der Waals surface area contributed by atoms with Gasteiger partial charge in [0.25, 0.3) is 0 Å². The molecule has 136 valence electrons. The predicted octanol–water partition coefficient (Wildman–Crippen LogP) is 3.62. The molecular formula is C21H26N4O. The molecule has 1 aliphatic heterocycles. The Morgan fingerprint density at radius 1 is 1.08 bits per heavy atom. The molecule has 1 aliphatic rings. The highest BCUT2D eigenvalue weighted by Crippen LogP contribution is 2.38. The van der Waals surface area contributed by atoms with Crippen LogP contribution in [0.15, 0.2) is 59.6 Å². The van der Waals surface area contributed by atoms with Gasteiger partial charge in [0.15, 0.2) is 0 Å². The van der Waals surface area contributed by atoms with Crippen molar-refractivity contribution in [1.82, 2.24) is 14.7 Å². The van der Waals surface area contributed by atoms with E-state index in [2.05, 4.69) is 30.0 Å². The molecule has 0 radical (unpaired) electrons. The summed E-state index contributed by atoms with van der Waals surface area (Å²) < 4.78 is 0. The Labute approximate surface area is 155 Å². The third-order valence-electron chi connectivity index (χ3n) is 4.62. The molecule has 0 saturated carbocycles. The lowest BCUT2D eigenvalue weighted by Crippen LogP contribution is -2.51. The van der Waals surface area contributed by atoms with Crippen LogP contribution in [0.3, 0.4) is 0 Å². The number of carbonyl (C=O) groups is 1. The molecule has 1 atom stereocenters. The van der Waals surface area contributed by atoms with Crippen molar-refractivity contribution >= 4 is 17.6 Å². The topological polar surface area (TPSA) is 39.1 Å². The Bertz CT molecular complexity index is 801. The Morgan fingerprint density at radius 3 is 2.35 bits per heavy atom. The Hall–Kier alpha value is -2.82. The first-order valence-electron chi connectivity index (χ1n) is 8.95. The second-order valence-corrected chi connectivity index (χ2v) is 6.66. The Morgan fingerprint density at radius 2 is 1.73 bits per heavy atom. The second-order valence-electron chi connectivity index (χ2n) is 6.66. The highest BCUT2D eigenvalue weighted by atomic mass is 16.2. The summed E-state index contributed by atoms with van der Waals surface area (Å²) >= 11 is 0. The quantitative estimate of drug-likeness (QED) is 0.845. The number of guanidine groups is 1. The smallest absolute Gasteiger partial charge is 0.221 e. The molecule has 1 unspecified atom stereocenters. The molecule has 0 fully saturated rings. The van der Waals surface area contributed by atoms with Crippen LogP contribution >= 0.6 is 0 Å². The van der Waals surface area contributed by atoms with Gasteiger partial charge in [-0.3, -0.25) is 4.79 Å². The fourth-order valence-corrected chi connectivity index (χ4v) is 3.41. The summed E-state index contributed by atoms with van der Waals surface area (Å²) in [5.74, 6) is 0.919. The summed E-state index contributed by atoms with van der Waals surface area (Å²) in [7, 11) is 3.98. The lowest BCUT2D eigenvalue weighted by atomic mass is 10.0. The van der Waals surface area contributed by atoms with E-state index in [4.69, 9.17) is 4.99 Å². The zero-order chi connectivity index (χ0) is 18.7. The Kier molecular flexibility index (Phi) is 5.26. The van der Waals surface area contributed by atoms with Crippen LogP contribution in [-0.2, 0) is 11.3 Å². The molecule has 2 aromatic carbocycles. The van der Waals surface area contributed by atoms with Gasteiger partial charge in [-0.25, -0.2) is 4.99 Å². The molecule has 0 bridgehead atoms. The standard InChI is InChI=1S/C21H26N4O/c1-5-24-20(25(16(2)26)15-17-11-7-6-8-12-17)18-13-9-10-14-19(18)22-21(24)23(3)4/h6-14,20H,5,15H2,1-4H3. The second kappa shape index (κ2) is 7.60. The third-order valence-corrected chi connectivity index (χ3v) is 4.62. The van der Waals surface area contributed by atoms with Gasteiger partial charge in [-0.1, -0.05) is 48.5 Å². The van der Waals surface area contributed by atoms with E-state index < -0.39 is 0 Å². The number of benzene rings is 2. The number of amides is 1. The highest BCUT2D eigenvalue weighted by Gasteiger charge is 2.35. The van der Waals surface area contributed by atoms with Crippen LogP contribution in [0.5, 0.6) is 0 Å². The number of hydrogen-bond donors (Lipinski definition) is 0. The summed E-state index contributed by atoms with van der Waals surface area (Å²) in [6.45, 7) is 5.06. The van der Waals surface area contributed by atoms with Crippen LogP contribution < -0.4 is 0 Å². The number of fused-ring (bicyclic) bond motifs is 1. The van der Waals surface area contributed by atoms with Gasteiger partial charge in [0.05, 0.1) is 5.69 Å². The van der Waals surface area contributed by atoms with Crippen molar-refractivity contribution in [3.63, 3.8) is 0 Å². The van der Waals surface area contributed by atoms with Crippen LogP contribution in [0.2, 0.25) is 0 Å². The molecule has 5 nitrogen and oxygen atoms in total. The number of aliphatic imine (C=N–C) groups is 1. The SMILES string of the molecule is CCN1C(N(C)C)=Nc2ccccc2C1N(Cc1ccccc1)C(C)=O. The predicted molar refractivity (Wildman–Crippen MR) is 105 cm³/mol. The van der Waals surface area contributed by atoms with Gasteiger partial charge in [0, 0.05) is 39.7 Å². The van der Waals surface area contributed by atoms with Crippen LogP contribution in [-0.4, -0.2) is 47.2 Å². The number of rotatable bonds is 4. The fraction of sp³-hybridized carbons (Fsp3) is 0.333. The minimum absolute atomic E-state index is 0.0483. The van der Waals surface area contributed by atoms with E-state index in [0.29, 0.717) is 6.54 Å². The van der Waals surface area contributed by atoms with Gasteiger partial charge >= 0.3 is 0 Å². The van der Waals surface area contributed by atoms with Crippen molar-refractivity contribution in [2.45, 2.75) is 26.6 Å². The summed E-state index contributed by atoms with van der Waals surface area (Å²) in [6, 6.07) is 18.2. The van der Waals surface area contributed by atoms with E-state index in [9.17, 15) is 4.79 Å². The van der Waals surface area contributed by atoms with Crippen LogP contribution in [0.25, 0.3) is 0 Å². The molecule has 26 heavy (non-hydrogen) atoms. The lowest BCUT2D eigenvalue weighted by Gasteiger charge is -2.44. The monoisotopic (exact) mass is 350 g/mol. The number of nitrogens with zero attached hydrogens (tertiary/aromatic N) is 4. The van der Waals surface area contributed by atoms with Crippen molar-refractivity contribution in [3.05, 3.63) is 65.7 Å². The lowest BCUT2D eigenvalue weighted by molar-refractivity contribution is -0.135. The molecule has 2 aromatic rings. The summed E-state index contributed by atoms with van der Waals surface area (Å²) in [6.07, 6.45) is -0.177.